The van der Waals surface area contributed by atoms with Crippen LogP contribution in [0.1, 0.15) is 0 Å². The van der Waals surface area contributed by atoms with Gasteiger partial charge in [0.05, 0.1) is 11.1 Å². The Kier molecular flexibility index (Phi) is 1.94. The Bertz CT molecular complexity index is 357. The minimum Gasteiger partial charge on any atom is -0.289 e. The van der Waals surface area contributed by atoms with E-state index in [4.69, 9.17) is 12.8 Å². The van der Waals surface area contributed by atoms with Gasteiger partial charge in [-0.2, -0.15) is 0 Å². The first-order chi connectivity index (χ1) is 5.70. The van der Waals surface area contributed by atoms with Gasteiger partial charge in [0.25, 0.3) is 0 Å². The van der Waals surface area contributed by atoms with Crippen molar-refractivity contribution in [3.63, 3.8) is 0 Å². The van der Waals surface area contributed by atoms with Gasteiger partial charge >= 0.3 is 0 Å². The van der Waals surface area contributed by atoms with E-state index in [2.05, 4.69) is 11.8 Å². The van der Waals surface area contributed by atoms with E-state index in [0.717, 1.165) is 12.2 Å². The minimum atomic E-state index is -0.384. The average Bonchev–Trinajstić information content (AvgIpc) is 2.08. The molecule has 0 bridgehead atoms. The van der Waals surface area contributed by atoms with E-state index >= 15 is 0 Å². The summed E-state index contributed by atoms with van der Waals surface area (Å²) >= 11 is 0. The molecule has 1 aliphatic carbocycles. The molecule has 0 aromatic rings. The highest BCUT2D eigenvalue weighted by atomic mass is 16.1. The van der Waals surface area contributed by atoms with E-state index in [1.54, 1.807) is 0 Å². The van der Waals surface area contributed by atoms with Crippen molar-refractivity contribution in [3.05, 3.63) is 23.3 Å². The summed E-state index contributed by atoms with van der Waals surface area (Å²) in [5, 5.41) is 0. The van der Waals surface area contributed by atoms with Crippen LogP contribution in [0.3, 0.4) is 0 Å². The lowest BCUT2D eigenvalue weighted by molar-refractivity contribution is -0.114. The Hall–Kier alpha value is -2.06. The third-order valence-corrected chi connectivity index (χ3v) is 1.42. The van der Waals surface area contributed by atoms with Gasteiger partial charge in [-0.3, -0.25) is 9.59 Å². The van der Waals surface area contributed by atoms with Crippen molar-refractivity contribution < 1.29 is 9.59 Å². The molecule has 0 heterocycles. The lowest BCUT2D eigenvalue weighted by atomic mass is 9.96. The largest absolute Gasteiger partial charge is 0.289 e. The van der Waals surface area contributed by atoms with E-state index in [0.29, 0.717) is 0 Å². The number of carbonyl (C=O) groups excluding carboxylic acids is 2. The van der Waals surface area contributed by atoms with Crippen LogP contribution in [0, 0.1) is 24.7 Å². The quantitative estimate of drug-likeness (QED) is 0.372. The molecule has 0 fully saturated rings. The van der Waals surface area contributed by atoms with Gasteiger partial charge in [0.2, 0.25) is 0 Å². The van der Waals surface area contributed by atoms with E-state index < -0.39 is 0 Å². The SMILES string of the molecule is C#CC1=C(C#C)C(=O)C=CC1=O. The third-order valence-electron chi connectivity index (χ3n) is 1.42. The molecule has 2 nitrogen and oxygen atoms in total. The van der Waals surface area contributed by atoms with Gasteiger partial charge in [-0.1, -0.05) is 11.8 Å². The van der Waals surface area contributed by atoms with Crippen LogP contribution < -0.4 is 0 Å². The zero-order valence-electron chi connectivity index (χ0n) is 6.13. The van der Waals surface area contributed by atoms with Gasteiger partial charge in [0.1, 0.15) is 0 Å². The number of ketones is 2. The van der Waals surface area contributed by atoms with Gasteiger partial charge in [-0.15, -0.1) is 12.8 Å². The summed E-state index contributed by atoms with van der Waals surface area (Å²) in [7, 11) is 0. The Labute approximate surface area is 70.0 Å². The summed E-state index contributed by atoms with van der Waals surface area (Å²) in [6.45, 7) is 0. The van der Waals surface area contributed by atoms with Crippen LogP contribution in [-0.4, -0.2) is 11.6 Å². The van der Waals surface area contributed by atoms with Crippen molar-refractivity contribution in [1.29, 1.82) is 0 Å². The summed E-state index contributed by atoms with van der Waals surface area (Å²) in [5.74, 6) is 3.43. The Morgan fingerprint density at radius 1 is 0.917 bits per heavy atom. The van der Waals surface area contributed by atoms with Gasteiger partial charge in [0, 0.05) is 0 Å². The lowest BCUT2D eigenvalue weighted by Gasteiger charge is -2.03. The van der Waals surface area contributed by atoms with E-state index in [-0.39, 0.29) is 22.7 Å². The molecule has 0 amide bonds. The highest BCUT2D eigenvalue weighted by molar-refractivity contribution is 6.23. The Morgan fingerprint density at radius 3 is 1.50 bits per heavy atom. The van der Waals surface area contributed by atoms with Gasteiger partial charge < -0.3 is 0 Å². The fraction of sp³-hybridized carbons (Fsp3) is 0. The first-order valence-corrected chi connectivity index (χ1v) is 3.15. The van der Waals surface area contributed by atoms with Crippen LogP contribution in [0.15, 0.2) is 23.3 Å². The maximum absolute atomic E-state index is 11.0. The third kappa shape index (κ3) is 1.07. The highest BCUT2D eigenvalue weighted by Crippen LogP contribution is 2.11. The van der Waals surface area contributed by atoms with Gasteiger partial charge in [-0.05, 0) is 12.2 Å². The molecule has 2 heteroatoms. The fourth-order valence-corrected chi connectivity index (χ4v) is 0.851. The molecular formula is C10H4O2. The number of carbonyl (C=O) groups is 2. The van der Waals surface area contributed by atoms with Crippen molar-refractivity contribution in [2.24, 2.45) is 0 Å². The molecule has 0 aromatic carbocycles. The first kappa shape index (κ1) is 8.04. The fourth-order valence-electron chi connectivity index (χ4n) is 0.851. The van der Waals surface area contributed by atoms with Crippen LogP contribution in [0.5, 0.6) is 0 Å². The second-order valence-corrected chi connectivity index (χ2v) is 2.10. The Morgan fingerprint density at radius 2 is 1.25 bits per heavy atom. The number of rotatable bonds is 0. The van der Waals surface area contributed by atoms with Crippen LogP contribution in [0.2, 0.25) is 0 Å². The normalized spacial score (nSPS) is 15.8. The molecule has 0 saturated carbocycles. The molecule has 0 aliphatic heterocycles. The second-order valence-electron chi connectivity index (χ2n) is 2.10. The molecule has 0 aromatic heterocycles. The molecule has 1 rings (SSSR count). The summed E-state index contributed by atoms with van der Waals surface area (Å²) in [5.41, 5.74) is -0.0463. The molecular weight excluding hydrogens is 152 g/mol. The summed E-state index contributed by atoms with van der Waals surface area (Å²) < 4.78 is 0. The standard InChI is InChI=1S/C10H4O2/c1-3-7-8(4-2)10(12)6-5-9(7)11/h1-2,5-6H. The summed E-state index contributed by atoms with van der Waals surface area (Å²) in [6, 6.07) is 0. The Balaban J connectivity index is 3.35. The molecule has 0 radical (unpaired) electrons. The van der Waals surface area contributed by atoms with Crippen molar-refractivity contribution in [3.8, 4) is 24.7 Å². The predicted molar refractivity (Wildman–Crippen MR) is 43.8 cm³/mol. The smallest absolute Gasteiger partial charge is 0.195 e. The van der Waals surface area contributed by atoms with Crippen molar-refractivity contribution >= 4 is 11.6 Å². The maximum Gasteiger partial charge on any atom is 0.195 e. The van der Waals surface area contributed by atoms with Crippen molar-refractivity contribution in [1.82, 2.24) is 0 Å². The number of hydrogen-bond acceptors (Lipinski definition) is 2. The van der Waals surface area contributed by atoms with Crippen LogP contribution in [-0.2, 0) is 9.59 Å². The van der Waals surface area contributed by atoms with Crippen LogP contribution in [0.25, 0.3) is 0 Å². The molecule has 0 N–H and O–H groups in total. The van der Waals surface area contributed by atoms with E-state index in [1.807, 2.05) is 0 Å². The molecule has 12 heavy (non-hydrogen) atoms. The number of terminal acetylenes is 2. The monoisotopic (exact) mass is 156 g/mol. The van der Waals surface area contributed by atoms with E-state index in [9.17, 15) is 9.59 Å². The van der Waals surface area contributed by atoms with Crippen molar-refractivity contribution in [2.75, 3.05) is 0 Å². The minimum absolute atomic E-state index is 0.0231. The van der Waals surface area contributed by atoms with Gasteiger partial charge in [-0.25, -0.2) is 0 Å². The average molecular weight is 156 g/mol. The topological polar surface area (TPSA) is 34.1 Å². The number of hydrogen-bond donors (Lipinski definition) is 0. The predicted octanol–water partition coefficient (Wildman–Crippen LogP) is 0.257. The van der Waals surface area contributed by atoms with Gasteiger partial charge in [0.15, 0.2) is 11.6 Å². The second kappa shape index (κ2) is 2.90. The molecule has 0 spiro atoms. The molecule has 56 valence electrons. The van der Waals surface area contributed by atoms with E-state index in [1.165, 1.54) is 0 Å². The zero-order valence-corrected chi connectivity index (χ0v) is 6.13. The molecule has 0 saturated heterocycles. The zero-order chi connectivity index (χ0) is 9.14. The number of allylic oxidation sites excluding steroid dienone is 4. The van der Waals surface area contributed by atoms with Crippen LogP contribution in [0.4, 0.5) is 0 Å². The molecule has 1 aliphatic rings. The van der Waals surface area contributed by atoms with Crippen LogP contribution >= 0.6 is 0 Å². The summed E-state index contributed by atoms with van der Waals surface area (Å²) in [6.07, 6.45) is 12.3. The molecule has 0 unspecified atom stereocenters. The lowest BCUT2D eigenvalue weighted by Crippen LogP contribution is -2.12. The van der Waals surface area contributed by atoms with Crippen molar-refractivity contribution in [2.45, 2.75) is 0 Å². The summed E-state index contributed by atoms with van der Waals surface area (Å²) in [4.78, 5) is 22.0. The highest BCUT2D eigenvalue weighted by Gasteiger charge is 2.18. The first-order valence-electron chi connectivity index (χ1n) is 3.15. The molecule has 0 atom stereocenters. The maximum atomic E-state index is 11.0.